The van der Waals surface area contributed by atoms with Gasteiger partial charge in [-0.3, -0.25) is 4.79 Å². The Labute approximate surface area is 149 Å². The van der Waals surface area contributed by atoms with Crippen LogP contribution in [0.2, 0.25) is 5.02 Å². The van der Waals surface area contributed by atoms with Crippen molar-refractivity contribution in [2.24, 2.45) is 0 Å². The van der Waals surface area contributed by atoms with Gasteiger partial charge in [0.05, 0.1) is 11.2 Å². The van der Waals surface area contributed by atoms with E-state index < -0.39 is 18.3 Å². The summed E-state index contributed by atoms with van der Waals surface area (Å²) in [6.07, 6.45) is 2.12. The van der Waals surface area contributed by atoms with Crippen molar-refractivity contribution in [3.63, 3.8) is 0 Å². The minimum atomic E-state index is -0.516. The fourth-order valence-corrected chi connectivity index (χ4v) is 3.49. The second-order valence-corrected chi connectivity index (χ2v) is 8.22. The first-order valence-corrected chi connectivity index (χ1v) is 8.96. The summed E-state index contributed by atoms with van der Waals surface area (Å²) < 4.78 is 12.1. The zero-order valence-corrected chi connectivity index (χ0v) is 15.8. The molecule has 0 N–H and O–H groups in total. The summed E-state index contributed by atoms with van der Waals surface area (Å²) in [5, 5.41) is 0.506. The first-order chi connectivity index (χ1) is 11.1. The largest absolute Gasteiger partial charge is 0.496 e. The summed E-state index contributed by atoms with van der Waals surface area (Å²) in [6, 6.07) is 5.69. The van der Waals surface area contributed by atoms with Gasteiger partial charge in [0.1, 0.15) is 0 Å². The lowest BCUT2D eigenvalue weighted by Gasteiger charge is -2.32. The van der Waals surface area contributed by atoms with E-state index in [1.54, 1.807) is 6.07 Å². The third-order valence-electron chi connectivity index (χ3n) is 5.57. The van der Waals surface area contributed by atoms with Gasteiger partial charge in [-0.25, -0.2) is 0 Å². The van der Waals surface area contributed by atoms with Crippen LogP contribution in [0, 0.1) is 0 Å². The van der Waals surface area contributed by atoms with Gasteiger partial charge in [0.15, 0.2) is 0 Å². The SMILES string of the molecule is C[C@H]1CCCN1C(=O)c1ccc(B2OC(C)(C)C(C)(C)O2)c(Cl)c1. The number of likely N-dealkylation sites (tertiary alicyclic amines) is 1. The van der Waals surface area contributed by atoms with Crippen molar-refractivity contribution in [2.45, 2.75) is 64.7 Å². The quantitative estimate of drug-likeness (QED) is 0.769. The highest BCUT2D eigenvalue weighted by Crippen LogP contribution is 2.37. The van der Waals surface area contributed by atoms with E-state index >= 15 is 0 Å². The second-order valence-electron chi connectivity index (χ2n) is 7.81. The lowest BCUT2D eigenvalue weighted by Crippen LogP contribution is -2.41. The highest BCUT2D eigenvalue weighted by Gasteiger charge is 2.52. The smallest absolute Gasteiger partial charge is 0.399 e. The molecule has 0 saturated carbocycles. The van der Waals surface area contributed by atoms with Crippen molar-refractivity contribution in [2.75, 3.05) is 6.54 Å². The van der Waals surface area contributed by atoms with Crippen LogP contribution >= 0.6 is 11.6 Å². The van der Waals surface area contributed by atoms with Gasteiger partial charge in [-0.2, -0.15) is 0 Å². The van der Waals surface area contributed by atoms with Crippen molar-refractivity contribution in [1.82, 2.24) is 4.90 Å². The Bertz CT molecular complexity index is 646. The first kappa shape index (κ1) is 17.8. The number of benzene rings is 1. The number of rotatable bonds is 2. The molecule has 2 aliphatic rings. The predicted octanol–water partition coefficient (Wildman–Crippen LogP) is 3.26. The maximum absolute atomic E-state index is 12.7. The average molecular weight is 350 g/mol. The summed E-state index contributed by atoms with van der Waals surface area (Å²) in [7, 11) is -0.516. The number of hydrogen-bond acceptors (Lipinski definition) is 3. The van der Waals surface area contributed by atoms with Crippen molar-refractivity contribution in [1.29, 1.82) is 0 Å². The highest BCUT2D eigenvalue weighted by molar-refractivity contribution is 6.65. The minimum absolute atomic E-state index is 0.0439. The average Bonchev–Trinajstić information content (AvgIpc) is 2.99. The predicted molar refractivity (Wildman–Crippen MR) is 96.9 cm³/mol. The zero-order valence-electron chi connectivity index (χ0n) is 15.1. The number of hydrogen-bond donors (Lipinski definition) is 0. The van der Waals surface area contributed by atoms with E-state index in [9.17, 15) is 4.79 Å². The van der Waals surface area contributed by atoms with Crippen molar-refractivity contribution in [3.05, 3.63) is 28.8 Å². The Morgan fingerprint density at radius 1 is 1.25 bits per heavy atom. The third kappa shape index (κ3) is 2.98. The van der Waals surface area contributed by atoms with E-state index in [1.165, 1.54) is 0 Å². The van der Waals surface area contributed by atoms with Gasteiger partial charge in [-0.15, -0.1) is 0 Å². The van der Waals surface area contributed by atoms with E-state index in [-0.39, 0.29) is 5.91 Å². The Balaban J connectivity index is 1.82. The van der Waals surface area contributed by atoms with Gasteiger partial charge in [0.2, 0.25) is 0 Å². The van der Waals surface area contributed by atoms with Crippen LogP contribution in [0.3, 0.4) is 0 Å². The van der Waals surface area contributed by atoms with Gasteiger partial charge in [-0.05, 0) is 59.6 Å². The molecule has 0 aliphatic carbocycles. The molecule has 1 atom stereocenters. The van der Waals surface area contributed by atoms with E-state index in [4.69, 9.17) is 20.9 Å². The summed E-state index contributed by atoms with van der Waals surface area (Å²) in [4.78, 5) is 14.6. The fourth-order valence-electron chi connectivity index (χ4n) is 3.22. The molecule has 0 aromatic heterocycles. The first-order valence-electron chi connectivity index (χ1n) is 8.58. The number of carbonyl (C=O) groups excluding carboxylic acids is 1. The standard InChI is InChI=1S/C18H25BClNO3/c1-12-7-6-10-21(12)16(22)13-8-9-14(15(20)11-13)19-23-17(2,3)18(4,5)24-19/h8-9,11-12H,6-7,10H2,1-5H3/t12-/m0/s1. The van der Waals surface area contributed by atoms with Gasteiger partial charge in [0, 0.05) is 28.6 Å². The van der Waals surface area contributed by atoms with Crippen LogP contribution in [0.25, 0.3) is 0 Å². The van der Waals surface area contributed by atoms with E-state index in [0.29, 0.717) is 16.6 Å². The molecule has 6 heteroatoms. The van der Waals surface area contributed by atoms with Crippen molar-refractivity contribution < 1.29 is 14.1 Å². The van der Waals surface area contributed by atoms with Crippen LogP contribution < -0.4 is 5.46 Å². The molecule has 0 unspecified atom stereocenters. The maximum Gasteiger partial charge on any atom is 0.496 e. The maximum atomic E-state index is 12.7. The van der Waals surface area contributed by atoms with Crippen LogP contribution in [0.5, 0.6) is 0 Å². The number of carbonyl (C=O) groups is 1. The molecule has 130 valence electrons. The Morgan fingerprint density at radius 3 is 2.38 bits per heavy atom. The normalized spacial score (nSPS) is 25.3. The summed E-state index contributed by atoms with van der Waals surface area (Å²) >= 11 is 6.45. The Kier molecular flexibility index (Phi) is 4.48. The van der Waals surface area contributed by atoms with E-state index in [0.717, 1.165) is 24.8 Å². The minimum Gasteiger partial charge on any atom is -0.399 e. The van der Waals surface area contributed by atoms with Crippen molar-refractivity contribution in [3.8, 4) is 0 Å². The molecule has 1 aromatic rings. The van der Waals surface area contributed by atoms with Crippen LogP contribution in [-0.2, 0) is 9.31 Å². The molecular formula is C18H25BClNO3. The molecule has 0 spiro atoms. The number of halogens is 1. The van der Waals surface area contributed by atoms with Crippen molar-refractivity contribution >= 4 is 30.1 Å². The molecule has 2 aliphatic heterocycles. The third-order valence-corrected chi connectivity index (χ3v) is 5.90. The zero-order chi connectivity index (χ0) is 17.7. The monoisotopic (exact) mass is 349 g/mol. The second kappa shape index (κ2) is 6.04. The number of nitrogens with zero attached hydrogens (tertiary/aromatic N) is 1. The lowest BCUT2D eigenvalue weighted by molar-refractivity contribution is 0.00578. The van der Waals surface area contributed by atoms with Gasteiger partial charge in [0.25, 0.3) is 5.91 Å². The Morgan fingerprint density at radius 2 is 1.88 bits per heavy atom. The highest BCUT2D eigenvalue weighted by atomic mass is 35.5. The molecular weight excluding hydrogens is 324 g/mol. The molecule has 3 rings (SSSR count). The van der Waals surface area contributed by atoms with Crippen LogP contribution in [0.15, 0.2) is 18.2 Å². The topological polar surface area (TPSA) is 38.8 Å². The summed E-state index contributed by atoms with van der Waals surface area (Å²) in [5.74, 6) is 0.0439. The van der Waals surface area contributed by atoms with E-state index in [1.807, 2.05) is 44.7 Å². The van der Waals surface area contributed by atoms with Gasteiger partial charge >= 0.3 is 7.12 Å². The van der Waals surface area contributed by atoms with Crippen LogP contribution in [-0.4, -0.2) is 41.7 Å². The molecule has 1 aromatic carbocycles. The fraction of sp³-hybridized carbons (Fsp3) is 0.611. The van der Waals surface area contributed by atoms with Crippen LogP contribution in [0.1, 0.15) is 57.8 Å². The van der Waals surface area contributed by atoms with Gasteiger partial charge < -0.3 is 14.2 Å². The summed E-state index contributed by atoms with van der Waals surface area (Å²) in [5.41, 5.74) is 0.552. The lowest BCUT2D eigenvalue weighted by atomic mass is 9.78. The molecule has 2 fully saturated rings. The molecule has 0 radical (unpaired) electrons. The molecule has 2 saturated heterocycles. The Hall–Kier alpha value is -1.04. The van der Waals surface area contributed by atoms with Crippen LogP contribution in [0.4, 0.5) is 0 Å². The van der Waals surface area contributed by atoms with Gasteiger partial charge in [-0.1, -0.05) is 17.7 Å². The number of amides is 1. The summed E-state index contributed by atoms with van der Waals surface area (Å²) in [6.45, 7) is 10.9. The van der Waals surface area contributed by atoms with E-state index in [2.05, 4.69) is 6.92 Å². The molecule has 2 heterocycles. The molecule has 1 amide bonds. The molecule has 0 bridgehead atoms. The molecule has 24 heavy (non-hydrogen) atoms. The molecule has 4 nitrogen and oxygen atoms in total.